The maximum Gasteiger partial charge on any atom is 0.136 e. The van der Waals surface area contributed by atoms with Gasteiger partial charge < -0.3 is 18.1 Å². The van der Waals surface area contributed by atoms with Crippen LogP contribution in [0, 0.1) is 0 Å². The zero-order valence-electron chi connectivity index (χ0n) is 64.6. The van der Waals surface area contributed by atoms with E-state index in [0.717, 1.165) is 22.2 Å². The Bertz CT molecular complexity index is 8940. The molecule has 120 heavy (non-hydrogen) atoms. The Labute approximate surface area is 696 Å². The average Bonchev–Trinajstić information content (AvgIpc) is 1.55. The molecule has 26 aromatic rings. The maximum atomic E-state index is 6.27. The number of rotatable bonds is 5. The van der Waals surface area contributed by atoms with E-state index in [-0.39, 0.29) is 0 Å². The molecule has 0 saturated carbocycles. The maximum absolute atomic E-state index is 6.27. The van der Waals surface area contributed by atoms with Crippen LogP contribution in [0.3, 0.4) is 0 Å². The lowest BCUT2D eigenvalue weighted by Gasteiger charge is -2.13. The number of furan rings is 1. The molecule has 0 atom stereocenters. The monoisotopic (exact) mass is 1560 g/mol. The van der Waals surface area contributed by atoms with Gasteiger partial charge in [-0.3, -0.25) is 0 Å². The normalized spacial score (nSPS) is 12.3. The van der Waals surface area contributed by atoms with Gasteiger partial charge in [0.15, 0.2) is 0 Å². The molecule has 0 N–H and O–H groups in total. The van der Waals surface area contributed by atoms with E-state index in [0.29, 0.717) is 0 Å². The molecule has 20 aromatic carbocycles. The van der Waals surface area contributed by atoms with Crippen LogP contribution in [0.4, 0.5) is 0 Å². The highest BCUT2D eigenvalue weighted by Crippen LogP contribution is 2.55. The van der Waals surface area contributed by atoms with Crippen molar-refractivity contribution in [3.05, 3.63) is 394 Å². The molecule has 0 spiro atoms. The zero-order chi connectivity index (χ0) is 78.1. The van der Waals surface area contributed by atoms with Gasteiger partial charge in [0.25, 0.3) is 0 Å². The van der Waals surface area contributed by atoms with Crippen LogP contribution in [0.25, 0.3) is 266 Å². The number of hydrogen-bond donors (Lipinski definition) is 0. The van der Waals surface area contributed by atoms with E-state index in [4.69, 9.17) is 4.42 Å². The lowest BCUT2D eigenvalue weighted by atomic mass is 9.94. The Balaban J connectivity index is 0.0000000955. The number of nitrogens with zero attached hydrogens (tertiary/aromatic N) is 3. The van der Waals surface area contributed by atoms with E-state index in [1.54, 1.807) is 0 Å². The Morgan fingerprint density at radius 3 is 1.21 bits per heavy atom. The fourth-order valence-electron chi connectivity index (χ4n) is 21.3. The van der Waals surface area contributed by atoms with Crippen molar-refractivity contribution in [3.63, 3.8) is 0 Å². The van der Waals surface area contributed by atoms with Gasteiger partial charge in [0, 0.05) is 100 Å². The number of para-hydroxylation sites is 4. The van der Waals surface area contributed by atoms with E-state index in [1.807, 2.05) is 28.7 Å². The SMILES string of the molecule is c1cc(-c2ccc3c(c2)-c2cccc4cccc-3c24)cc(-n2c3ccccc3c3c4c(ccc32)oc2ccccc24)c1.c1ccc2c(c1)-c1cccc3c(-c4ccc(-n5c6ccccc6c6c7c(ccc65)sc5ccccc57)cc4)ccc-2c13.c1ccc2c(c1)-c1cccc3c(-n4c5ccccc5c5c6c(ccc54)sc4ccccc46)ccc-2c13. The van der Waals surface area contributed by atoms with Gasteiger partial charge in [0.1, 0.15) is 11.2 Å². The molecule has 0 radical (unpaired) electrons. The molecule has 0 bridgehead atoms. The lowest BCUT2D eigenvalue weighted by Crippen LogP contribution is -1.95. The first-order chi connectivity index (χ1) is 59.6. The number of fused-ring (bicyclic) bond motifs is 30. The zero-order valence-corrected chi connectivity index (χ0v) is 66.2. The summed E-state index contributed by atoms with van der Waals surface area (Å²) in [6.45, 7) is 0. The summed E-state index contributed by atoms with van der Waals surface area (Å²) in [5.41, 5.74) is 33.8. The highest BCUT2D eigenvalue weighted by atomic mass is 32.1. The minimum atomic E-state index is 0.924. The summed E-state index contributed by atoms with van der Waals surface area (Å²) in [6, 6.07) is 145. The van der Waals surface area contributed by atoms with Gasteiger partial charge in [-0.1, -0.05) is 285 Å². The van der Waals surface area contributed by atoms with Gasteiger partial charge in [-0.15, -0.1) is 22.7 Å². The van der Waals surface area contributed by atoms with Crippen LogP contribution >= 0.6 is 22.7 Å². The van der Waals surface area contributed by atoms with Crippen molar-refractivity contribution >= 4 is 183 Å². The number of thiophene rings is 2. The van der Waals surface area contributed by atoms with Crippen molar-refractivity contribution < 1.29 is 4.42 Å². The largest absolute Gasteiger partial charge is 0.456 e. The second kappa shape index (κ2) is 25.2. The second-order valence-electron chi connectivity index (χ2n) is 32.3. The second-order valence-corrected chi connectivity index (χ2v) is 34.4. The first-order valence-electron chi connectivity index (χ1n) is 41.3. The molecule has 0 aliphatic heterocycles. The molecule has 3 aliphatic carbocycles. The molecule has 6 heterocycles. The van der Waals surface area contributed by atoms with E-state index >= 15 is 0 Å². The van der Waals surface area contributed by atoms with Gasteiger partial charge in [0.05, 0.1) is 38.8 Å². The summed E-state index contributed by atoms with van der Waals surface area (Å²) in [6.07, 6.45) is 0. The fourth-order valence-corrected chi connectivity index (χ4v) is 23.5. The summed E-state index contributed by atoms with van der Waals surface area (Å²) in [4.78, 5) is 0. The highest BCUT2D eigenvalue weighted by Gasteiger charge is 2.29. The lowest BCUT2D eigenvalue weighted by molar-refractivity contribution is 0.669. The summed E-state index contributed by atoms with van der Waals surface area (Å²) < 4.78 is 19.0. The highest BCUT2D eigenvalue weighted by molar-refractivity contribution is 7.26. The van der Waals surface area contributed by atoms with Gasteiger partial charge >= 0.3 is 0 Å². The molecule has 0 saturated heterocycles. The average molecular weight is 1560 g/mol. The van der Waals surface area contributed by atoms with E-state index in [9.17, 15) is 0 Å². The van der Waals surface area contributed by atoms with E-state index in [1.165, 1.54) is 244 Å². The molecule has 554 valence electrons. The third-order valence-corrected chi connectivity index (χ3v) is 28.5. The van der Waals surface area contributed by atoms with Crippen molar-refractivity contribution in [3.8, 4) is 106 Å². The molecular formula is C114H65N3OS2. The fraction of sp³-hybridized carbons (Fsp3) is 0. The first-order valence-corrected chi connectivity index (χ1v) is 42.9. The van der Waals surface area contributed by atoms with Crippen molar-refractivity contribution in [2.75, 3.05) is 0 Å². The van der Waals surface area contributed by atoms with Crippen molar-refractivity contribution in [1.29, 1.82) is 0 Å². The minimum Gasteiger partial charge on any atom is -0.456 e. The Morgan fingerprint density at radius 2 is 0.583 bits per heavy atom. The molecule has 6 heteroatoms. The van der Waals surface area contributed by atoms with Crippen LogP contribution in [-0.4, -0.2) is 13.7 Å². The van der Waals surface area contributed by atoms with Gasteiger partial charge in [-0.25, -0.2) is 0 Å². The number of benzene rings is 20. The first kappa shape index (κ1) is 66.0. The summed E-state index contributed by atoms with van der Waals surface area (Å²) in [5, 5.41) is 23.6. The summed E-state index contributed by atoms with van der Waals surface area (Å²) in [7, 11) is 0. The van der Waals surface area contributed by atoms with Gasteiger partial charge in [-0.05, 0) is 225 Å². The van der Waals surface area contributed by atoms with Crippen LogP contribution in [0.1, 0.15) is 0 Å². The quantitative estimate of drug-likeness (QED) is 0.169. The van der Waals surface area contributed by atoms with Crippen LogP contribution in [0.2, 0.25) is 0 Å². The molecule has 3 aliphatic rings. The van der Waals surface area contributed by atoms with Crippen molar-refractivity contribution in [1.82, 2.24) is 13.7 Å². The molecular weight excluding hydrogens is 1490 g/mol. The topological polar surface area (TPSA) is 27.9 Å². The minimum absolute atomic E-state index is 0.924. The molecule has 29 rings (SSSR count). The van der Waals surface area contributed by atoms with Crippen molar-refractivity contribution in [2.24, 2.45) is 0 Å². The van der Waals surface area contributed by atoms with Crippen LogP contribution in [-0.2, 0) is 0 Å². The molecule has 0 unspecified atom stereocenters. The van der Waals surface area contributed by atoms with Crippen LogP contribution in [0.5, 0.6) is 0 Å². The standard InChI is InChI=1S/C40H23NO.C40H23NS.C34H19NS/c1-3-16-34-31(12-1)39-35(20-21-37-40(39)32-13-2-4-17-36(32)42-37)41(34)27-11-5-10-25(22-27)26-18-19-28-29-14-6-8-24-9-7-15-30(38(24)29)33(28)23-26;1-2-9-28-27(8-1)30-13-7-12-29-26(20-21-31(28)38(29)30)24-16-18-25(19-17-24)41-34-14-5-3-10-32(34)39-35(41)22-23-37-40(39)33-11-4-6-15-36(33)42-37;1-2-9-21-20(8-1)22-12-7-13-24-28(17-16-23(21)32(22)24)35-27-14-5-3-10-25(27)33-29(35)18-19-31-34(33)26-11-4-6-15-30(26)36-31/h2*1-23H;1-19H. The predicted octanol–water partition coefficient (Wildman–Crippen LogP) is 32.7. The molecule has 4 nitrogen and oxygen atoms in total. The number of hydrogen-bond acceptors (Lipinski definition) is 3. The smallest absolute Gasteiger partial charge is 0.136 e. The number of aromatic nitrogens is 3. The third kappa shape index (κ3) is 9.29. The Morgan fingerprint density at radius 1 is 0.175 bits per heavy atom. The predicted molar refractivity (Wildman–Crippen MR) is 512 cm³/mol. The van der Waals surface area contributed by atoms with Crippen LogP contribution in [0.15, 0.2) is 399 Å². The van der Waals surface area contributed by atoms with Gasteiger partial charge in [0.2, 0.25) is 0 Å². The van der Waals surface area contributed by atoms with Gasteiger partial charge in [-0.2, -0.15) is 0 Å². The summed E-state index contributed by atoms with van der Waals surface area (Å²) >= 11 is 3.77. The molecule has 0 fully saturated rings. The molecule has 0 amide bonds. The van der Waals surface area contributed by atoms with E-state index in [2.05, 4.69) is 402 Å². The summed E-state index contributed by atoms with van der Waals surface area (Å²) in [5.74, 6) is 0. The van der Waals surface area contributed by atoms with Crippen molar-refractivity contribution in [2.45, 2.75) is 0 Å². The van der Waals surface area contributed by atoms with Crippen LogP contribution < -0.4 is 0 Å². The third-order valence-electron chi connectivity index (χ3n) is 26.2. The molecule has 6 aromatic heterocycles. The van der Waals surface area contributed by atoms with E-state index < -0.39 is 0 Å². The Kier molecular flexibility index (Phi) is 13.8. The Hall–Kier alpha value is -15.2.